The van der Waals surface area contributed by atoms with E-state index in [-0.39, 0.29) is 17.3 Å². The molecule has 0 aromatic heterocycles. The van der Waals surface area contributed by atoms with Crippen molar-refractivity contribution in [3.63, 3.8) is 0 Å². The summed E-state index contributed by atoms with van der Waals surface area (Å²) in [5.41, 5.74) is 4.31. The van der Waals surface area contributed by atoms with Crippen molar-refractivity contribution in [1.82, 2.24) is 4.90 Å². The molecule has 1 saturated heterocycles. The average Bonchev–Trinajstić information content (AvgIpc) is 3.35. The highest BCUT2D eigenvalue weighted by Crippen LogP contribution is 2.48. The number of phenols is 2. The van der Waals surface area contributed by atoms with Gasteiger partial charge in [-0.15, -0.1) is 0 Å². The first-order valence-corrected chi connectivity index (χ1v) is 14.7. The minimum absolute atomic E-state index is 0.0286. The normalized spacial score (nSPS) is 20.1. The largest absolute Gasteiger partial charge is 0.508 e. The highest BCUT2D eigenvalue weighted by molar-refractivity contribution is 7.71. The van der Waals surface area contributed by atoms with Gasteiger partial charge < -0.3 is 19.7 Å². The predicted octanol–water partition coefficient (Wildman–Crippen LogP) is 5.38. The molecule has 2 aliphatic rings. The topological polar surface area (TPSA) is 96.3 Å². The molecule has 0 bridgehead atoms. The maximum atomic E-state index is 11.7. The van der Waals surface area contributed by atoms with Crippen LogP contribution in [-0.4, -0.2) is 49.3 Å². The van der Waals surface area contributed by atoms with Crippen molar-refractivity contribution >= 4 is 21.9 Å². The lowest BCUT2D eigenvalue weighted by atomic mass is 9.84. The van der Waals surface area contributed by atoms with E-state index in [1.54, 1.807) is 30.3 Å². The summed E-state index contributed by atoms with van der Waals surface area (Å²) in [6.07, 6.45) is 0.663. The summed E-state index contributed by atoms with van der Waals surface area (Å²) in [6.45, 7) is 9.22. The first-order valence-electron chi connectivity index (χ1n) is 13.3. The van der Waals surface area contributed by atoms with Gasteiger partial charge in [0.2, 0.25) is 0 Å². The minimum atomic E-state index is -2.69. The van der Waals surface area contributed by atoms with Gasteiger partial charge in [-0.25, -0.2) is 8.42 Å². The lowest BCUT2D eigenvalue weighted by molar-refractivity contribution is 0.169. The van der Waals surface area contributed by atoms with Gasteiger partial charge in [0, 0.05) is 23.7 Å². The fourth-order valence-electron chi connectivity index (χ4n) is 5.54. The van der Waals surface area contributed by atoms with Crippen LogP contribution in [0, 0.1) is 5.92 Å². The van der Waals surface area contributed by atoms with Crippen LogP contribution in [0.1, 0.15) is 55.5 Å². The van der Waals surface area contributed by atoms with Gasteiger partial charge in [0.05, 0.1) is 5.75 Å². The van der Waals surface area contributed by atoms with Gasteiger partial charge in [-0.05, 0) is 97.5 Å². The number of allylic oxidation sites excluding steroid dienone is 1. The van der Waals surface area contributed by atoms with Crippen LogP contribution in [0.3, 0.4) is 0 Å². The predicted molar refractivity (Wildman–Crippen MR) is 153 cm³/mol. The second kappa shape index (κ2) is 11.3. The molecular formula is C31H35NO6S. The molecule has 3 aromatic carbocycles. The number of phenolic OH excluding ortho intramolecular Hbond substituents is 2. The highest BCUT2D eigenvalue weighted by atomic mass is 32.2. The van der Waals surface area contributed by atoms with Crippen LogP contribution in [0.15, 0.2) is 60.7 Å². The third-order valence-electron chi connectivity index (χ3n) is 7.71. The summed E-state index contributed by atoms with van der Waals surface area (Å²) in [7, 11) is -2.69. The number of likely N-dealkylation sites (tertiary alicyclic amines) is 1. The molecule has 8 heteroatoms. The second-order valence-electron chi connectivity index (χ2n) is 10.7. The molecule has 0 spiro atoms. The Kier molecular flexibility index (Phi) is 7.86. The minimum Gasteiger partial charge on any atom is -0.508 e. The van der Waals surface area contributed by atoms with Gasteiger partial charge in [0.25, 0.3) is 0 Å². The zero-order valence-corrected chi connectivity index (χ0v) is 23.4. The van der Waals surface area contributed by atoms with Gasteiger partial charge >= 0.3 is 0 Å². The van der Waals surface area contributed by atoms with Gasteiger partial charge in [0.1, 0.15) is 46.4 Å². The van der Waals surface area contributed by atoms with E-state index in [1.165, 1.54) is 12.5 Å². The van der Waals surface area contributed by atoms with E-state index in [0.29, 0.717) is 35.1 Å². The summed E-state index contributed by atoms with van der Waals surface area (Å²) < 4.78 is 36.0. The number of hydrogen-bond donors (Lipinski definition) is 3. The molecule has 0 saturated carbocycles. The van der Waals surface area contributed by atoms with Crippen molar-refractivity contribution in [1.29, 1.82) is 0 Å². The van der Waals surface area contributed by atoms with E-state index >= 15 is 0 Å². The molecule has 3 atom stereocenters. The fourth-order valence-corrected chi connectivity index (χ4v) is 6.10. The Morgan fingerprint density at radius 3 is 2.38 bits per heavy atom. The summed E-state index contributed by atoms with van der Waals surface area (Å²) in [4.78, 5) is 2.46. The van der Waals surface area contributed by atoms with E-state index in [1.807, 2.05) is 31.2 Å². The lowest BCUT2D eigenvalue weighted by Crippen LogP contribution is -2.35. The molecule has 7 nitrogen and oxygen atoms in total. The number of aromatic hydroxyl groups is 2. The smallest absolute Gasteiger partial charge is 0.150 e. The van der Waals surface area contributed by atoms with Crippen LogP contribution in [-0.2, 0) is 16.5 Å². The number of hydrogen-bond acceptors (Lipinski definition) is 7. The Labute approximate surface area is 231 Å². The Hall–Kier alpha value is -3.49. The quantitative estimate of drug-likeness (QED) is 0.325. The maximum absolute atomic E-state index is 11.7. The van der Waals surface area contributed by atoms with E-state index in [4.69, 9.17) is 9.47 Å². The molecule has 2 heterocycles. The number of nitrogens with zero attached hydrogens (tertiary/aromatic N) is 1. The highest BCUT2D eigenvalue weighted by Gasteiger charge is 2.31. The van der Waals surface area contributed by atoms with Crippen molar-refractivity contribution in [2.75, 3.05) is 19.7 Å². The molecule has 1 fully saturated rings. The van der Waals surface area contributed by atoms with Crippen molar-refractivity contribution in [2.45, 2.75) is 45.1 Å². The monoisotopic (exact) mass is 549 g/mol. The molecule has 0 amide bonds. The zero-order chi connectivity index (χ0) is 27.7. The Balaban J connectivity index is 1.48. The van der Waals surface area contributed by atoms with Gasteiger partial charge in [0.15, 0.2) is 0 Å². The van der Waals surface area contributed by atoms with Crippen LogP contribution in [0.5, 0.6) is 23.0 Å². The Bertz CT molecular complexity index is 1450. The van der Waals surface area contributed by atoms with E-state index in [9.17, 15) is 18.6 Å². The van der Waals surface area contributed by atoms with E-state index < -0.39 is 16.8 Å². The van der Waals surface area contributed by atoms with Crippen molar-refractivity contribution < 1.29 is 28.1 Å². The molecule has 206 valence electrons. The van der Waals surface area contributed by atoms with Crippen molar-refractivity contribution in [3.8, 4) is 23.0 Å². The molecule has 3 aromatic rings. The van der Waals surface area contributed by atoms with Gasteiger partial charge in [-0.1, -0.05) is 25.1 Å². The van der Waals surface area contributed by atoms with E-state index in [2.05, 4.69) is 18.7 Å². The van der Waals surface area contributed by atoms with Crippen LogP contribution < -0.4 is 9.47 Å². The third kappa shape index (κ3) is 5.92. The summed E-state index contributed by atoms with van der Waals surface area (Å²) in [6, 6.07) is 17.7. The number of benzene rings is 3. The molecule has 1 unspecified atom stereocenters. The van der Waals surface area contributed by atoms with Gasteiger partial charge in [-0.3, -0.25) is 4.90 Å². The second-order valence-corrected chi connectivity index (χ2v) is 11.6. The summed E-state index contributed by atoms with van der Waals surface area (Å²) in [5, 5.41) is 20.5. The standard InChI is InChI=1S/C31H35NO6S/c1-19-12-13-32(16-19)20(2)17-37-26-9-5-22(6-10-26)31-30(21(3)27-14-25(34)8-11-29(27)38-31)28-15-24(33)7-4-23(28)18-39(35)36/h4-11,14-15,19-20,31,33-34,39H,12-13,16-18H2,1-3H3/t19-,20+,31?/m1/s1. The van der Waals surface area contributed by atoms with E-state index in [0.717, 1.165) is 41.5 Å². The fraction of sp³-hybridized carbons (Fsp3) is 0.355. The molecule has 2 aliphatic heterocycles. The number of fused-ring (bicyclic) bond motifs is 1. The molecule has 5 rings (SSSR count). The SMILES string of the molecule is CC1=C(c2cc(O)ccc2C[SH](=O)=O)C(c2ccc(OC[C@H](C)N3CC[C@@H](C)C3)cc2)Oc2ccc(O)cc21. The first-order chi connectivity index (χ1) is 18.7. The van der Waals surface area contributed by atoms with Crippen molar-refractivity contribution in [3.05, 3.63) is 82.9 Å². The Morgan fingerprint density at radius 1 is 1.03 bits per heavy atom. The molecular weight excluding hydrogens is 514 g/mol. The maximum Gasteiger partial charge on any atom is 0.150 e. The summed E-state index contributed by atoms with van der Waals surface area (Å²) in [5.74, 6) is 2.08. The molecule has 2 N–H and O–H groups in total. The van der Waals surface area contributed by atoms with Crippen LogP contribution >= 0.6 is 0 Å². The van der Waals surface area contributed by atoms with Crippen LogP contribution in [0.4, 0.5) is 0 Å². The average molecular weight is 550 g/mol. The molecule has 0 aliphatic carbocycles. The molecule has 0 radical (unpaired) electrons. The number of rotatable bonds is 8. The lowest BCUT2D eigenvalue weighted by Gasteiger charge is -2.32. The Morgan fingerprint density at radius 2 is 1.72 bits per heavy atom. The van der Waals surface area contributed by atoms with Gasteiger partial charge in [-0.2, -0.15) is 0 Å². The third-order valence-corrected chi connectivity index (χ3v) is 8.31. The molecule has 39 heavy (non-hydrogen) atoms. The van der Waals surface area contributed by atoms with Crippen molar-refractivity contribution in [2.24, 2.45) is 5.92 Å². The number of thiol groups is 1. The number of ether oxygens (including phenoxy) is 2. The zero-order valence-electron chi connectivity index (χ0n) is 22.5. The summed E-state index contributed by atoms with van der Waals surface area (Å²) >= 11 is 0. The van der Waals surface area contributed by atoms with Crippen LogP contribution in [0.25, 0.3) is 11.1 Å². The first kappa shape index (κ1) is 27.1. The van der Waals surface area contributed by atoms with Crippen LogP contribution in [0.2, 0.25) is 0 Å².